The summed E-state index contributed by atoms with van der Waals surface area (Å²) < 4.78 is 307. The zero-order valence-electron chi connectivity index (χ0n) is 17.1. The summed E-state index contributed by atoms with van der Waals surface area (Å²) in [5.74, 6) is -32.2. The van der Waals surface area contributed by atoms with Gasteiger partial charge in [0.15, 0.2) is 0 Å². The van der Waals surface area contributed by atoms with Gasteiger partial charge in [-0.3, -0.25) is 0 Å². The smallest absolute Gasteiger partial charge is 0.434 e. The lowest BCUT2D eigenvalue weighted by Gasteiger charge is -2.35. The van der Waals surface area contributed by atoms with Crippen LogP contribution in [-0.4, -0.2) is 73.1 Å². The molecule has 0 radical (unpaired) electrons. The van der Waals surface area contributed by atoms with Crippen molar-refractivity contribution >= 4 is 0 Å². The molecule has 0 spiro atoms. The quantitative estimate of drug-likeness (QED) is 0.275. The number of halogens is 23. The molecule has 26 heteroatoms. The number of allylic oxidation sites excluding steroid dienone is 1. The number of hydrogen-bond acceptors (Lipinski definition) is 3. The molecule has 1 aliphatic rings. The highest BCUT2D eigenvalue weighted by Gasteiger charge is 2.86. The monoisotopic (exact) mass is 656 g/mol. The Kier molecular flexibility index (Phi) is 8.59. The number of ether oxygens (including phenoxy) is 3. The van der Waals surface area contributed by atoms with Crippen LogP contribution in [0.25, 0.3) is 0 Å². The zero-order chi connectivity index (χ0) is 32.5. The third kappa shape index (κ3) is 6.60. The first-order valence-corrected chi connectivity index (χ1v) is 8.65. The van der Waals surface area contributed by atoms with E-state index < -0.39 is 84.6 Å². The van der Waals surface area contributed by atoms with Gasteiger partial charge in [-0.15, -0.1) is 0 Å². The molecule has 0 saturated heterocycles. The highest BCUT2D eigenvalue weighted by atomic mass is 19.4. The van der Waals surface area contributed by atoms with Crippen LogP contribution in [0.3, 0.4) is 0 Å². The Morgan fingerprint density at radius 1 is 0.400 bits per heavy atom. The maximum atomic E-state index is 15.0. The molecule has 1 unspecified atom stereocenters. The van der Waals surface area contributed by atoms with Gasteiger partial charge in [0.2, 0.25) is 11.5 Å². The molecule has 40 heavy (non-hydrogen) atoms. The van der Waals surface area contributed by atoms with Gasteiger partial charge >= 0.3 is 54.8 Å². The summed E-state index contributed by atoms with van der Waals surface area (Å²) >= 11 is 0. The van der Waals surface area contributed by atoms with E-state index in [2.05, 4.69) is 14.2 Å². The molecule has 1 atom stereocenters. The number of alkyl halides is 23. The van der Waals surface area contributed by atoms with Crippen LogP contribution in [0.1, 0.15) is 0 Å². The highest BCUT2D eigenvalue weighted by molar-refractivity contribution is 5.35. The van der Waals surface area contributed by atoms with Crippen molar-refractivity contribution < 1.29 is 115 Å². The molecule has 0 aromatic carbocycles. The molecule has 0 N–H and O–H groups in total. The van der Waals surface area contributed by atoms with Gasteiger partial charge in [-0.2, -0.15) is 101 Å². The summed E-state index contributed by atoms with van der Waals surface area (Å²) in [4.78, 5) is 0. The van der Waals surface area contributed by atoms with Crippen LogP contribution in [0.15, 0.2) is 11.5 Å². The molecule has 0 bridgehead atoms. The Hall–Kier alpha value is -2.31. The normalized spacial score (nSPS) is 23.1. The van der Waals surface area contributed by atoms with Crippen LogP contribution in [0.5, 0.6) is 0 Å². The molecule has 1 rings (SSSR count). The Morgan fingerprint density at radius 2 is 0.650 bits per heavy atom. The van der Waals surface area contributed by atoms with Crippen LogP contribution in [-0.2, 0) is 14.2 Å². The van der Waals surface area contributed by atoms with Gasteiger partial charge in [-0.1, -0.05) is 0 Å². The average molecular weight is 656 g/mol. The standard InChI is InChI=1S/C14H3F23O3/c15-6(16)1(38-3(8(18,19)20)9(21,22)23)2(39-4(10(24,25)26)11(27,28)29)7(17,14(6,36)37)40-5(12(30,31)32)13(33,34)35/h3-5H. The van der Waals surface area contributed by atoms with E-state index in [1.165, 1.54) is 0 Å². The minimum atomic E-state index is -7.79. The van der Waals surface area contributed by atoms with Gasteiger partial charge in [-0.25, -0.2) is 0 Å². The fourth-order valence-corrected chi connectivity index (χ4v) is 2.52. The van der Waals surface area contributed by atoms with E-state index >= 15 is 0 Å². The second kappa shape index (κ2) is 9.62. The molecular formula is C14H3F23O3. The lowest BCUT2D eigenvalue weighted by Crippen LogP contribution is -2.59. The van der Waals surface area contributed by atoms with E-state index in [9.17, 15) is 101 Å². The predicted octanol–water partition coefficient (Wildman–Crippen LogP) is 7.68. The van der Waals surface area contributed by atoms with E-state index in [0.717, 1.165) is 0 Å². The zero-order valence-corrected chi connectivity index (χ0v) is 17.1. The summed E-state index contributed by atoms with van der Waals surface area (Å²) in [6.07, 6.45) is -61.8. The third-order valence-electron chi connectivity index (χ3n) is 4.12. The minimum Gasteiger partial charge on any atom is -0.466 e. The number of rotatable bonds is 6. The van der Waals surface area contributed by atoms with Gasteiger partial charge in [0.25, 0.3) is 18.3 Å². The fourth-order valence-electron chi connectivity index (χ4n) is 2.52. The van der Waals surface area contributed by atoms with E-state index in [1.807, 2.05) is 0 Å². The second-order valence-corrected chi connectivity index (χ2v) is 7.15. The van der Waals surface area contributed by atoms with E-state index in [-0.39, 0.29) is 0 Å². The van der Waals surface area contributed by atoms with E-state index in [1.54, 1.807) is 0 Å². The van der Waals surface area contributed by atoms with Crippen molar-refractivity contribution in [1.29, 1.82) is 0 Å². The molecule has 3 nitrogen and oxygen atoms in total. The molecule has 0 amide bonds. The number of hydrogen-bond donors (Lipinski definition) is 0. The molecule has 0 aromatic rings. The lowest BCUT2D eigenvalue weighted by atomic mass is 10.1. The van der Waals surface area contributed by atoms with E-state index in [4.69, 9.17) is 0 Å². The van der Waals surface area contributed by atoms with Crippen molar-refractivity contribution in [3.63, 3.8) is 0 Å². The van der Waals surface area contributed by atoms with Gasteiger partial charge in [0, 0.05) is 0 Å². The Bertz CT molecular complexity index is 901. The molecule has 0 heterocycles. The van der Waals surface area contributed by atoms with Crippen molar-refractivity contribution in [2.24, 2.45) is 0 Å². The summed E-state index contributed by atoms with van der Waals surface area (Å²) in [5, 5.41) is 0. The lowest BCUT2D eigenvalue weighted by molar-refractivity contribution is -0.404. The predicted molar refractivity (Wildman–Crippen MR) is 71.7 cm³/mol. The van der Waals surface area contributed by atoms with Crippen molar-refractivity contribution in [3.8, 4) is 0 Å². The van der Waals surface area contributed by atoms with Crippen LogP contribution < -0.4 is 0 Å². The second-order valence-electron chi connectivity index (χ2n) is 7.15. The van der Waals surface area contributed by atoms with Crippen LogP contribution >= 0.6 is 0 Å². The molecule has 0 fully saturated rings. The van der Waals surface area contributed by atoms with Crippen LogP contribution in [0.2, 0.25) is 0 Å². The first-order chi connectivity index (χ1) is 17.0. The first-order valence-electron chi connectivity index (χ1n) is 8.65. The summed E-state index contributed by atoms with van der Waals surface area (Å²) in [6.45, 7) is 0. The van der Waals surface area contributed by atoms with Crippen molar-refractivity contribution in [1.82, 2.24) is 0 Å². The highest BCUT2D eigenvalue weighted by Crippen LogP contribution is 2.62. The molecule has 0 aliphatic heterocycles. The maximum Gasteiger partial charge on any atom is 0.434 e. The van der Waals surface area contributed by atoms with Gasteiger partial charge in [-0.05, 0) is 0 Å². The fraction of sp³-hybridized carbons (Fsp3) is 0.857. The SMILES string of the molecule is FC(F)(F)C(OC1=C(OC(C(F)(F)F)C(F)(F)F)C(F)(OC(C(F)(F)F)C(F)(F)F)C(F)(F)C1(F)F)C(F)(F)F. The minimum absolute atomic E-state index is 2.09. The Balaban J connectivity index is 4.23. The largest absolute Gasteiger partial charge is 0.466 e. The van der Waals surface area contributed by atoms with Gasteiger partial charge in [0.05, 0.1) is 0 Å². The van der Waals surface area contributed by atoms with Crippen molar-refractivity contribution in [3.05, 3.63) is 11.5 Å². The van der Waals surface area contributed by atoms with Crippen molar-refractivity contribution in [2.75, 3.05) is 0 Å². The van der Waals surface area contributed by atoms with Crippen LogP contribution in [0, 0.1) is 0 Å². The Labute approximate surface area is 201 Å². The topological polar surface area (TPSA) is 27.7 Å². The summed E-state index contributed by atoms with van der Waals surface area (Å²) in [6, 6.07) is 0. The molecule has 0 aromatic heterocycles. The van der Waals surface area contributed by atoms with Gasteiger partial charge < -0.3 is 14.2 Å². The molecule has 0 saturated carbocycles. The van der Waals surface area contributed by atoms with E-state index in [0.29, 0.717) is 0 Å². The maximum absolute atomic E-state index is 15.0. The molecular weight excluding hydrogens is 653 g/mol. The molecule has 1 aliphatic carbocycles. The first kappa shape index (κ1) is 35.7. The van der Waals surface area contributed by atoms with Gasteiger partial charge in [0.1, 0.15) is 0 Å². The summed E-state index contributed by atoms with van der Waals surface area (Å²) in [7, 11) is 0. The van der Waals surface area contributed by atoms with Crippen molar-refractivity contribution in [2.45, 2.75) is 73.1 Å². The average Bonchev–Trinajstić information content (AvgIpc) is 2.71. The molecule has 238 valence electrons. The third-order valence-corrected chi connectivity index (χ3v) is 4.12. The summed E-state index contributed by atoms with van der Waals surface area (Å²) in [5.41, 5.74) is 0. The van der Waals surface area contributed by atoms with Crippen LogP contribution in [0.4, 0.5) is 101 Å². The Morgan fingerprint density at radius 3 is 0.900 bits per heavy atom.